The molecule has 2 fully saturated rings. The van der Waals surface area contributed by atoms with E-state index in [2.05, 4.69) is 26.0 Å². The Kier molecular flexibility index (Phi) is 10.5. The van der Waals surface area contributed by atoms with Crippen LogP contribution in [0.25, 0.3) is 0 Å². The number of benzene rings is 1. The van der Waals surface area contributed by atoms with Crippen LogP contribution in [-0.2, 0) is 23.6 Å². The fourth-order valence-corrected chi connectivity index (χ4v) is 3.04. The van der Waals surface area contributed by atoms with E-state index >= 15 is 0 Å². The zero-order valence-corrected chi connectivity index (χ0v) is 17.7. The monoisotopic (exact) mass is 477 g/mol. The summed E-state index contributed by atoms with van der Waals surface area (Å²) < 4.78 is 2.65. The number of hydrogen-bond donors (Lipinski definition) is 1. The quantitative estimate of drug-likeness (QED) is 0.659. The Morgan fingerprint density at radius 2 is 1.75 bits per heavy atom. The number of aromatic nitrogens is 3. The summed E-state index contributed by atoms with van der Waals surface area (Å²) in [4.78, 5) is 3.95. The third-order valence-corrected chi connectivity index (χ3v) is 4.42. The number of aliphatic hydroxyl groups is 1. The van der Waals surface area contributed by atoms with Crippen molar-refractivity contribution in [1.82, 2.24) is 14.8 Å². The fourth-order valence-electron chi connectivity index (χ4n) is 2.62. The summed E-state index contributed by atoms with van der Waals surface area (Å²) in [5.74, 6) is 1.06. The van der Waals surface area contributed by atoms with Crippen LogP contribution in [0.1, 0.15) is 11.7 Å². The van der Waals surface area contributed by atoms with Crippen LogP contribution in [0.2, 0.25) is 0 Å². The Labute approximate surface area is 187 Å². The fraction of sp³-hybridized carbons (Fsp3) is 0.0909. The standard InChI is InChI=1S/C17H15BrN3O.C5H5.Fe/c18-16-7-3-6-14(9-16)17(22)15(8-13-4-1-2-5-13)10-21-12-19-11-20-21;1-2-4-5-3-1;/h1-9,11-12,17,22H,10H2;1-5H;/q;;+2/b15-8+;;. The van der Waals surface area contributed by atoms with Gasteiger partial charge in [0.05, 0.1) is 6.54 Å². The summed E-state index contributed by atoms with van der Waals surface area (Å²) in [5, 5.41) is 14.9. The summed E-state index contributed by atoms with van der Waals surface area (Å²) in [6.45, 7) is 0.485. The van der Waals surface area contributed by atoms with Gasteiger partial charge in [-0.1, -0.05) is 34.1 Å². The largest absolute Gasteiger partial charge is 2.00 e. The molecule has 0 amide bonds. The zero-order chi connectivity index (χ0) is 18.9. The maximum atomic E-state index is 10.8. The molecule has 2 aliphatic carbocycles. The average Bonchev–Trinajstić information content (AvgIpc) is 3.44. The van der Waals surface area contributed by atoms with Gasteiger partial charge in [-0.05, 0) is 81.1 Å². The summed E-state index contributed by atoms with van der Waals surface area (Å²) in [7, 11) is 0. The first-order chi connectivity index (χ1) is 13.2. The first kappa shape index (κ1) is 23.3. The van der Waals surface area contributed by atoms with Crippen molar-refractivity contribution in [2.45, 2.75) is 12.6 Å². The molecule has 1 aromatic heterocycles. The second-order valence-electron chi connectivity index (χ2n) is 5.95. The van der Waals surface area contributed by atoms with Crippen LogP contribution in [0.5, 0.6) is 0 Å². The summed E-state index contributed by atoms with van der Waals surface area (Å²) >= 11 is 3.44. The van der Waals surface area contributed by atoms with Gasteiger partial charge >= 0.3 is 17.1 Å². The van der Waals surface area contributed by atoms with Crippen LogP contribution >= 0.6 is 15.9 Å². The first-order valence-electron chi connectivity index (χ1n) is 8.57. The SMILES string of the molecule is OC(/C(=C/[C]1[CH][CH][CH][CH]1)Cn1cncn1)c1cccc(Br)c1.[CH]1[CH][CH][CH][CH]1.[Fe+2]. The number of hydrogen-bond acceptors (Lipinski definition) is 3. The van der Waals surface area contributed by atoms with Crippen molar-refractivity contribution in [3.05, 3.63) is 122 Å². The number of rotatable bonds is 5. The van der Waals surface area contributed by atoms with Gasteiger partial charge in [-0.2, -0.15) is 5.10 Å². The molecule has 1 aromatic carbocycles. The molecule has 2 aliphatic rings. The molecular weight excluding hydrogens is 458 g/mol. The Balaban J connectivity index is 0.000000408. The minimum Gasteiger partial charge on any atom is -0.384 e. The van der Waals surface area contributed by atoms with Crippen LogP contribution in [0.3, 0.4) is 0 Å². The van der Waals surface area contributed by atoms with Gasteiger partial charge in [0.15, 0.2) is 0 Å². The van der Waals surface area contributed by atoms with E-state index in [0.29, 0.717) is 6.54 Å². The summed E-state index contributed by atoms with van der Waals surface area (Å²) in [5.41, 5.74) is 1.70. The van der Waals surface area contributed by atoms with Gasteiger partial charge in [-0.15, -0.1) is 0 Å². The Bertz CT molecular complexity index is 703. The number of nitrogens with zero attached hydrogens (tertiary/aromatic N) is 3. The molecule has 0 aliphatic heterocycles. The van der Waals surface area contributed by atoms with Gasteiger partial charge < -0.3 is 5.11 Å². The second-order valence-corrected chi connectivity index (χ2v) is 6.87. The van der Waals surface area contributed by atoms with Crippen molar-refractivity contribution in [2.24, 2.45) is 0 Å². The summed E-state index contributed by atoms with van der Waals surface area (Å²) in [6, 6.07) is 7.69. The molecule has 1 heterocycles. The molecular formula is C22H20BrFeN3O+2. The maximum Gasteiger partial charge on any atom is 2.00 e. The second kappa shape index (κ2) is 12.6. The molecule has 0 spiro atoms. The zero-order valence-electron chi connectivity index (χ0n) is 15.0. The predicted molar refractivity (Wildman–Crippen MR) is 109 cm³/mol. The van der Waals surface area contributed by atoms with E-state index in [1.165, 1.54) is 6.33 Å². The van der Waals surface area contributed by atoms with Crippen molar-refractivity contribution in [3.8, 4) is 0 Å². The molecule has 142 valence electrons. The van der Waals surface area contributed by atoms with Crippen molar-refractivity contribution in [1.29, 1.82) is 0 Å². The van der Waals surface area contributed by atoms with Crippen molar-refractivity contribution >= 4 is 15.9 Å². The number of halogens is 1. The molecule has 10 radical (unpaired) electrons. The van der Waals surface area contributed by atoms with E-state index in [0.717, 1.165) is 21.5 Å². The molecule has 6 heteroatoms. The normalized spacial score (nSPS) is 18.3. The molecule has 1 atom stereocenters. The average molecular weight is 478 g/mol. The molecule has 28 heavy (non-hydrogen) atoms. The predicted octanol–water partition coefficient (Wildman–Crippen LogP) is 4.12. The van der Waals surface area contributed by atoms with Gasteiger partial charge in [0.2, 0.25) is 0 Å². The smallest absolute Gasteiger partial charge is 0.384 e. The topological polar surface area (TPSA) is 50.9 Å². The van der Waals surface area contributed by atoms with E-state index in [4.69, 9.17) is 0 Å². The van der Waals surface area contributed by atoms with Crippen LogP contribution in [0, 0.1) is 63.7 Å². The van der Waals surface area contributed by atoms with Crippen molar-refractivity contribution < 1.29 is 22.2 Å². The molecule has 4 nitrogen and oxygen atoms in total. The van der Waals surface area contributed by atoms with Crippen LogP contribution < -0.4 is 0 Å². The van der Waals surface area contributed by atoms with Crippen molar-refractivity contribution in [2.75, 3.05) is 0 Å². The van der Waals surface area contributed by atoms with Gasteiger partial charge in [0.1, 0.15) is 18.8 Å². The van der Waals surface area contributed by atoms with Crippen LogP contribution in [0.15, 0.2) is 53.0 Å². The number of aliphatic hydroxyl groups excluding tert-OH is 1. The third kappa shape index (κ3) is 7.47. The molecule has 0 saturated heterocycles. The Hall–Kier alpha value is -0.941. The van der Waals surface area contributed by atoms with Gasteiger partial charge in [-0.3, -0.25) is 0 Å². The Morgan fingerprint density at radius 1 is 1.07 bits per heavy atom. The first-order valence-corrected chi connectivity index (χ1v) is 9.36. The van der Waals surface area contributed by atoms with Gasteiger partial charge in [-0.25, -0.2) is 9.67 Å². The van der Waals surface area contributed by atoms with Crippen LogP contribution in [0.4, 0.5) is 0 Å². The Morgan fingerprint density at radius 3 is 2.32 bits per heavy atom. The summed E-state index contributed by atoms with van der Waals surface area (Å²) in [6.07, 6.45) is 22.4. The molecule has 0 bridgehead atoms. The van der Waals surface area contributed by atoms with E-state index in [1.807, 2.05) is 88.1 Å². The molecule has 2 aromatic rings. The van der Waals surface area contributed by atoms with E-state index in [-0.39, 0.29) is 17.1 Å². The minimum absolute atomic E-state index is 0. The van der Waals surface area contributed by atoms with E-state index < -0.39 is 6.10 Å². The molecule has 4 rings (SSSR count). The molecule has 1 N–H and O–H groups in total. The third-order valence-electron chi connectivity index (χ3n) is 3.92. The van der Waals surface area contributed by atoms with Gasteiger partial charge in [0, 0.05) is 10.4 Å². The number of allylic oxidation sites excluding steroid dienone is 1. The van der Waals surface area contributed by atoms with Crippen molar-refractivity contribution in [3.63, 3.8) is 0 Å². The van der Waals surface area contributed by atoms with Gasteiger partial charge in [0.25, 0.3) is 0 Å². The molecule has 2 saturated carbocycles. The molecule has 1 unspecified atom stereocenters. The van der Waals surface area contributed by atoms with E-state index in [1.54, 1.807) is 11.0 Å². The van der Waals surface area contributed by atoms with Crippen LogP contribution in [-0.4, -0.2) is 19.9 Å². The minimum atomic E-state index is -0.698. The maximum absolute atomic E-state index is 10.8. The van der Waals surface area contributed by atoms with E-state index in [9.17, 15) is 5.11 Å².